The van der Waals surface area contributed by atoms with Gasteiger partial charge in [-0.1, -0.05) is 183 Å². The molecule has 0 saturated heterocycles. The number of unbranched alkanes of at least 4 members (excludes halogenated alkanes) is 1. The molecule has 51 heavy (non-hydrogen) atoms. The van der Waals surface area contributed by atoms with Gasteiger partial charge in [-0.15, -0.1) is 0 Å². The second-order valence-corrected chi connectivity index (χ2v) is 14.1. The van der Waals surface area contributed by atoms with E-state index < -0.39 is 5.41 Å². The van der Waals surface area contributed by atoms with Crippen LogP contribution in [0.15, 0.2) is 182 Å². The van der Waals surface area contributed by atoms with Gasteiger partial charge in [-0.05, 0) is 118 Å². The zero-order valence-corrected chi connectivity index (χ0v) is 30.3. The highest BCUT2D eigenvalue weighted by Crippen LogP contribution is 2.60. The van der Waals surface area contributed by atoms with Crippen LogP contribution in [-0.4, -0.2) is 0 Å². The van der Waals surface area contributed by atoms with Crippen LogP contribution in [0.2, 0.25) is 0 Å². The summed E-state index contributed by atoms with van der Waals surface area (Å²) >= 11 is 0. The normalized spacial score (nSPS) is 17.4. The summed E-state index contributed by atoms with van der Waals surface area (Å²) < 4.78 is 0. The molecule has 0 nitrogen and oxygen atoms in total. The van der Waals surface area contributed by atoms with E-state index in [0.29, 0.717) is 5.92 Å². The lowest BCUT2D eigenvalue weighted by atomic mass is 9.62. The molecule has 0 aliphatic heterocycles. The Kier molecular flexibility index (Phi) is 10.1. The average molecular weight is 661 g/mol. The lowest BCUT2D eigenvalue weighted by molar-refractivity contribution is 0.576. The fourth-order valence-corrected chi connectivity index (χ4v) is 8.25. The van der Waals surface area contributed by atoms with Gasteiger partial charge in [-0.25, -0.2) is 0 Å². The Labute approximate surface area is 305 Å². The number of hydrogen-bond donors (Lipinski definition) is 0. The molecule has 0 spiro atoms. The topological polar surface area (TPSA) is 0 Å². The van der Waals surface area contributed by atoms with Crippen LogP contribution >= 0.6 is 0 Å². The third kappa shape index (κ3) is 6.60. The molecule has 2 atom stereocenters. The average Bonchev–Trinajstić information content (AvgIpc) is 3.46. The number of rotatable bonds is 9. The Bertz CT molecular complexity index is 2190. The van der Waals surface area contributed by atoms with E-state index in [-0.39, 0.29) is 0 Å². The van der Waals surface area contributed by atoms with Crippen molar-refractivity contribution in [2.45, 2.75) is 51.9 Å². The minimum Gasteiger partial charge on any atom is -0.0991 e. The molecule has 0 amide bonds. The monoisotopic (exact) mass is 660 g/mol. The van der Waals surface area contributed by atoms with E-state index in [4.69, 9.17) is 0 Å². The van der Waals surface area contributed by atoms with Crippen molar-refractivity contribution < 1.29 is 0 Å². The van der Waals surface area contributed by atoms with E-state index in [1.165, 1.54) is 72.3 Å². The van der Waals surface area contributed by atoms with Gasteiger partial charge in [0.05, 0.1) is 5.41 Å². The van der Waals surface area contributed by atoms with Crippen LogP contribution in [0.25, 0.3) is 33.4 Å². The molecule has 5 aromatic carbocycles. The Morgan fingerprint density at radius 1 is 0.706 bits per heavy atom. The first-order chi connectivity index (χ1) is 25.0. The molecule has 0 heterocycles. The van der Waals surface area contributed by atoms with Gasteiger partial charge in [0.25, 0.3) is 0 Å². The molecule has 0 aromatic heterocycles. The zero-order chi connectivity index (χ0) is 35.2. The van der Waals surface area contributed by atoms with E-state index in [2.05, 4.69) is 185 Å². The molecule has 0 fully saturated rings. The predicted octanol–water partition coefficient (Wildman–Crippen LogP) is 13.7. The van der Waals surface area contributed by atoms with Crippen molar-refractivity contribution in [3.63, 3.8) is 0 Å². The van der Waals surface area contributed by atoms with Gasteiger partial charge >= 0.3 is 0 Å². The van der Waals surface area contributed by atoms with Crippen molar-refractivity contribution in [2.24, 2.45) is 5.92 Å². The van der Waals surface area contributed by atoms with E-state index in [1.54, 1.807) is 0 Å². The largest absolute Gasteiger partial charge is 0.0991 e. The number of allylic oxidation sites excluding steroid dienone is 7. The second-order valence-electron chi connectivity index (χ2n) is 14.1. The van der Waals surface area contributed by atoms with Crippen molar-refractivity contribution in [2.75, 3.05) is 0 Å². The van der Waals surface area contributed by atoms with Crippen LogP contribution in [-0.2, 0) is 11.8 Å². The summed E-state index contributed by atoms with van der Waals surface area (Å²) in [7, 11) is 0. The Hall–Kier alpha value is -5.46. The molecule has 7 rings (SSSR count). The molecule has 0 heteroatoms. The van der Waals surface area contributed by atoms with Gasteiger partial charge in [-0.3, -0.25) is 0 Å². The first-order valence-corrected chi connectivity index (χ1v) is 18.5. The maximum Gasteiger partial charge on any atom is 0.0679 e. The molecular formula is C51H48. The van der Waals surface area contributed by atoms with Crippen molar-refractivity contribution in [3.05, 3.63) is 215 Å². The fraction of sp³-hybridized carbons (Fsp3) is 0.176. The van der Waals surface area contributed by atoms with Crippen LogP contribution in [0, 0.1) is 19.8 Å². The maximum atomic E-state index is 3.79. The lowest BCUT2D eigenvalue weighted by Gasteiger charge is -2.39. The molecular weight excluding hydrogens is 613 g/mol. The molecule has 2 aliphatic carbocycles. The van der Waals surface area contributed by atoms with Crippen molar-refractivity contribution in [1.29, 1.82) is 0 Å². The summed E-state index contributed by atoms with van der Waals surface area (Å²) in [4.78, 5) is 0. The lowest BCUT2D eigenvalue weighted by Crippen LogP contribution is -2.33. The minimum atomic E-state index is -0.427. The molecule has 2 unspecified atom stereocenters. The highest BCUT2D eigenvalue weighted by molar-refractivity contribution is 5.96. The maximum absolute atomic E-state index is 3.79. The van der Waals surface area contributed by atoms with Crippen molar-refractivity contribution in [3.8, 4) is 33.4 Å². The third-order valence-electron chi connectivity index (χ3n) is 10.8. The van der Waals surface area contributed by atoms with Crippen LogP contribution < -0.4 is 0 Å². The van der Waals surface area contributed by atoms with Gasteiger partial charge in [0.15, 0.2) is 0 Å². The standard InChI is InChI=1S/C51H48/c1-5-6-7-8-13-22-40-29-31-41(32-30-40)45-25-18-27-48-50(45)46-35-33-42(44-34-28-37(2)19-11-9-12-20-38(44)3)36-49(46)51(48,43-23-14-10-15-24-43)47-26-17-16-21-39(47)4/h5-7,9-12,14-20,23-36,39H,1,8,13,21-22H2,2-4H3/b7-6-,11-9?,12-9?,19-11?,20-12?,34-28?,37-19?,37-28?,38-20?,44-34?,44-38?. The number of hydrogen-bond acceptors (Lipinski definition) is 0. The van der Waals surface area contributed by atoms with Crippen molar-refractivity contribution >= 4 is 0 Å². The minimum absolute atomic E-state index is 0.388. The smallest absolute Gasteiger partial charge is 0.0679 e. The van der Waals surface area contributed by atoms with Gasteiger partial charge < -0.3 is 0 Å². The highest BCUT2D eigenvalue weighted by atomic mass is 14.5. The molecule has 0 N–H and O–H groups in total. The Morgan fingerprint density at radius 3 is 2.24 bits per heavy atom. The summed E-state index contributed by atoms with van der Waals surface area (Å²) in [5.74, 6) is 0.388. The van der Waals surface area contributed by atoms with Gasteiger partial charge in [-0.2, -0.15) is 0 Å². The number of aryl methyl sites for hydroxylation is 3. The molecule has 0 radical (unpaired) electrons. The van der Waals surface area contributed by atoms with Crippen LogP contribution in [0.3, 0.4) is 0 Å². The highest BCUT2D eigenvalue weighted by Gasteiger charge is 2.49. The summed E-state index contributed by atoms with van der Waals surface area (Å²) in [5.41, 5.74) is 16.7. The fourth-order valence-electron chi connectivity index (χ4n) is 8.25. The second kappa shape index (κ2) is 15.2. The van der Waals surface area contributed by atoms with Crippen LogP contribution in [0.5, 0.6) is 0 Å². The van der Waals surface area contributed by atoms with Gasteiger partial charge in [0.2, 0.25) is 0 Å². The Morgan fingerprint density at radius 2 is 1.45 bits per heavy atom. The molecule has 252 valence electrons. The molecule has 2 aliphatic rings. The SMILES string of the molecule is C=C/C=C\CCCc1ccc(-c2cccc3c2-c2ccc(-c4ccc(C)cccccc4C)cc2C3(C2=CC=CCC2C)c2ccccc2)cc1. The van der Waals surface area contributed by atoms with Gasteiger partial charge in [0, 0.05) is 0 Å². The first kappa shape index (κ1) is 34.0. The van der Waals surface area contributed by atoms with E-state index in [0.717, 1.165) is 25.7 Å². The quantitative estimate of drug-likeness (QED) is 0.109. The van der Waals surface area contributed by atoms with Crippen LogP contribution in [0.4, 0.5) is 0 Å². The van der Waals surface area contributed by atoms with Gasteiger partial charge in [0.1, 0.15) is 0 Å². The summed E-state index contributed by atoms with van der Waals surface area (Å²) in [6.07, 6.45) is 17.4. The molecule has 5 aromatic rings. The summed E-state index contributed by atoms with van der Waals surface area (Å²) in [6, 6.07) is 50.2. The van der Waals surface area contributed by atoms with E-state index >= 15 is 0 Å². The van der Waals surface area contributed by atoms with Crippen molar-refractivity contribution in [1.82, 2.24) is 0 Å². The Balaban J connectivity index is 1.47. The van der Waals surface area contributed by atoms with E-state index in [9.17, 15) is 0 Å². The third-order valence-corrected chi connectivity index (χ3v) is 10.8. The number of benzene rings is 4. The van der Waals surface area contributed by atoms with Crippen LogP contribution in [0.1, 0.15) is 59.6 Å². The summed E-state index contributed by atoms with van der Waals surface area (Å²) in [6.45, 7) is 10.6. The number of fused-ring (bicyclic) bond motifs is 3. The zero-order valence-electron chi connectivity index (χ0n) is 30.3. The molecule has 0 bridgehead atoms. The molecule has 0 saturated carbocycles. The predicted molar refractivity (Wildman–Crippen MR) is 219 cm³/mol. The summed E-state index contributed by atoms with van der Waals surface area (Å²) in [5, 5.41) is 0. The first-order valence-electron chi connectivity index (χ1n) is 18.5. The van der Waals surface area contributed by atoms with E-state index in [1.807, 2.05) is 12.2 Å².